The topological polar surface area (TPSA) is 96.2 Å². The van der Waals surface area contributed by atoms with E-state index in [0.717, 1.165) is 0 Å². The van der Waals surface area contributed by atoms with Crippen LogP contribution < -0.4 is 0 Å². The quantitative estimate of drug-likeness (QED) is 0.427. The Bertz CT molecular complexity index is 713. The molecule has 1 unspecified atom stereocenters. The molecule has 8 heteroatoms. The van der Waals surface area contributed by atoms with Gasteiger partial charge < -0.3 is 24.8 Å². The molecule has 0 amide bonds. The van der Waals surface area contributed by atoms with Gasteiger partial charge >= 0.3 is 5.92 Å². The van der Waals surface area contributed by atoms with Crippen LogP contribution in [0.15, 0.2) is 60.7 Å². The summed E-state index contributed by atoms with van der Waals surface area (Å²) in [6.45, 7) is -0.760. The predicted octanol–water partition coefficient (Wildman–Crippen LogP) is 1.62. The van der Waals surface area contributed by atoms with Crippen molar-refractivity contribution in [1.29, 1.82) is 0 Å². The maximum atomic E-state index is 14.0. The molecule has 0 aromatic heterocycles. The largest absolute Gasteiger partial charge is 0.382 e. The third-order valence-corrected chi connectivity index (χ3v) is 3.86. The number of hydrogen-bond acceptors (Lipinski definition) is 6. The van der Waals surface area contributed by atoms with Crippen molar-refractivity contribution in [3.05, 3.63) is 71.8 Å². The highest BCUT2D eigenvalue weighted by molar-refractivity contribution is 5.62. The number of benzene rings is 2. The van der Waals surface area contributed by atoms with Gasteiger partial charge in [0.05, 0.1) is 13.2 Å². The van der Waals surface area contributed by atoms with Crippen molar-refractivity contribution >= 4 is 6.29 Å². The first-order valence-corrected chi connectivity index (χ1v) is 8.06. The van der Waals surface area contributed by atoms with Crippen LogP contribution >= 0.6 is 0 Å². The van der Waals surface area contributed by atoms with Gasteiger partial charge in [-0.15, -0.1) is 0 Å². The maximum Gasteiger partial charge on any atom is 0.357 e. The van der Waals surface area contributed by atoms with Crippen LogP contribution in [0, 0.1) is 0 Å². The zero-order valence-corrected chi connectivity index (χ0v) is 14.2. The van der Waals surface area contributed by atoms with Crippen LogP contribution in [0.2, 0.25) is 0 Å². The normalized spacial score (nSPS) is 16.3. The highest BCUT2D eigenvalue weighted by Gasteiger charge is 2.61. The highest BCUT2D eigenvalue weighted by atomic mass is 19.3. The first-order valence-electron chi connectivity index (χ1n) is 8.06. The standard InChI is InChI=1S/C19H20F2O6/c20-18(21,13-22)19(25,27-12-15-9-5-2-6-10-15)16(23)17(24)26-11-14-7-3-1-4-8-14/h1-10,13,16-17,23-25H,11-12H2/t16-,17?,19-/m1/s1. The minimum atomic E-state index is -4.50. The number of aldehydes is 1. The fourth-order valence-corrected chi connectivity index (χ4v) is 2.27. The molecule has 0 spiro atoms. The number of aliphatic hydroxyl groups excluding tert-OH is 2. The van der Waals surface area contributed by atoms with Crippen LogP contribution in [-0.2, 0) is 27.5 Å². The number of carbonyl (C=O) groups is 1. The summed E-state index contributed by atoms with van der Waals surface area (Å²) in [5.74, 6) is -8.20. The zero-order valence-electron chi connectivity index (χ0n) is 14.2. The Morgan fingerprint density at radius 3 is 1.89 bits per heavy atom. The van der Waals surface area contributed by atoms with Crippen molar-refractivity contribution in [2.45, 2.75) is 37.3 Å². The molecule has 0 fully saturated rings. The molecule has 0 heterocycles. The van der Waals surface area contributed by atoms with Gasteiger partial charge in [0.15, 0.2) is 18.7 Å². The molecule has 0 aliphatic heterocycles. The van der Waals surface area contributed by atoms with Crippen LogP contribution in [0.4, 0.5) is 8.78 Å². The second kappa shape index (κ2) is 9.12. The minimum absolute atomic E-state index is 0.222. The van der Waals surface area contributed by atoms with Crippen LogP contribution in [-0.4, -0.2) is 45.7 Å². The van der Waals surface area contributed by atoms with Crippen molar-refractivity contribution in [3.8, 4) is 0 Å². The van der Waals surface area contributed by atoms with Gasteiger partial charge in [-0.2, -0.15) is 8.78 Å². The van der Waals surface area contributed by atoms with E-state index in [1.165, 1.54) is 12.1 Å². The van der Waals surface area contributed by atoms with Gasteiger partial charge in [0, 0.05) is 0 Å². The minimum Gasteiger partial charge on any atom is -0.382 e. The summed E-state index contributed by atoms with van der Waals surface area (Å²) in [7, 11) is 0. The second-order valence-corrected chi connectivity index (χ2v) is 5.84. The fraction of sp³-hybridized carbons (Fsp3) is 0.316. The molecule has 0 bridgehead atoms. The highest BCUT2D eigenvalue weighted by Crippen LogP contribution is 2.34. The van der Waals surface area contributed by atoms with Crippen LogP contribution in [0.25, 0.3) is 0 Å². The Balaban J connectivity index is 2.12. The lowest BCUT2D eigenvalue weighted by atomic mass is 10.0. The van der Waals surface area contributed by atoms with Crippen molar-refractivity contribution in [3.63, 3.8) is 0 Å². The van der Waals surface area contributed by atoms with Gasteiger partial charge in [-0.3, -0.25) is 4.79 Å². The summed E-state index contributed by atoms with van der Waals surface area (Å²) in [4.78, 5) is 10.8. The molecule has 6 nitrogen and oxygen atoms in total. The van der Waals surface area contributed by atoms with Gasteiger partial charge in [-0.05, 0) is 11.1 Å². The SMILES string of the molecule is O=CC(F)(F)[C@](O)(OCc1ccccc1)[C@H](O)C(O)OCc1ccccc1. The number of rotatable bonds is 10. The van der Waals surface area contributed by atoms with E-state index in [0.29, 0.717) is 11.1 Å². The Hall–Kier alpha value is -2.23. The lowest BCUT2D eigenvalue weighted by molar-refractivity contribution is -0.370. The number of ether oxygens (including phenoxy) is 2. The molecule has 0 saturated carbocycles. The summed E-state index contributed by atoms with van der Waals surface area (Å²) in [5.41, 5.74) is 1.00. The van der Waals surface area contributed by atoms with E-state index in [1.54, 1.807) is 48.5 Å². The average Bonchev–Trinajstić information content (AvgIpc) is 2.71. The van der Waals surface area contributed by atoms with E-state index in [-0.39, 0.29) is 6.61 Å². The molecular weight excluding hydrogens is 362 g/mol. The first kappa shape index (κ1) is 21.1. The molecule has 3 N–H and O–H groups in total. The van der Waals surface area contributed by atoms with Crippen molar-refractivity contribution in [2.24, 2.45) is 0 Å². The fourth-order valence-electron chi connectivity index (χ4n) is 2.27. The molecule has 0 radical (unpaired) electrons. The van der Waals surface area contributed by atoms with E-state index >= 15 is 0 Å². The number of carbonyl (C=O) groups excluding carboxylic acids is 1. The van der Waals surface area contributed by atoms with Crippen molar-refractivity contribution < 1.29 is 38.4 Å². The van der Waals surface area contributed by atoms with Gasteiger partial charge in [0.1, 0.15) is 0 Å². The van der Waals surface area contributed by atoms with E-state index in [4.69, 9.17) is 9.47 Å². The first-order chi connectivity index (χ1) is 12.8. The molecule has 0 aliphatic carbocycles. The third kappa shape index (κ3) is 5.15. The van der Waals surface area contributed by atoms with Gasteiger partial charge in [0.2, 0.25) is 0 Å². The Morgan fingerprint density at radius 2 is 1.41 bits per heavy atom. The van der Waals surface area contributed by atoms with Crippen LogP contribution in [0.5, 0.6) is 0 Å². The lowest BCUT2D eigenvalue weighted by Crippen LogP contribution is -2.63. The molecule has 3 atom stereocenters. The number of alkyl halides is 2. The molecule has 146 valence electrons. The third-order valence-electron chi connectivity index (χ3n) is 3.86. The van der Waals surface area contributed by atoms with Gasteiger partial charge in [0.25, 0.3) is 5.79 Å². The number of hydrogen-bond donors (Lipinski definition) is 3. The summed E-state index contributed by atoms with van der Waals surface area (Å²) >= 11 is 0. The van der Waals surface area contributed by atoms with E-state index in [1.807, 2.05) is 0 Å². The maximum absolute atomic E-state index is 14.0. The smallest absolute Gasteiger partial charge is 0.357 e. The molecular formula is C19H20F2O6. The van der Waals surface area contributed by atoms with E-state index in [2.05, 4.69) is 0 Å². The summed E-state index contributed by atoms with van der Waals surface area (Å²) in [5, 5.41) is 30.2. The number of halogens is 2. The van der Waals surface area contributed by atoms with E-state index in [9.17, 15) is 28.9 Å². The molecule has 2 aromatic rings. The van der Waals surface area contributed by atoms with Crippen molar-refractivity contribution in [2.75, 3.05) is 0 Å². The second-order valence-electron chi connectivity index (χ2n) is 5.84. The monoisotopic (exact) mass is 382 g/mol. The van der Waals surface area contributed by atoms with Gasteiger partial charge in [-0.1, -0.05) is 60.7 Å². The Kier molecular flexibility index (Phi) is 7.11. The lowest BCUT2D eigenvalue weighted by Gasteiger charge is -2.37. The van der Waals surface area contributed by atoms with E-state index < -0.39 is 37.0 Å². The molecule has 2 rings (SSSR count). The summed E-state index contributed by atoms with van der Waals surface area (Å²) < 4.78 is 37.8. The average molecular weight is 382 g/mol. The van der Waals surface area contributed by atoms with Gasteiger partial charge in [-0.25, -0.2) is 0 Å². The zero-order chi connectivity index (χ0) is 19.9. The van der Waals surface area contributed by atoms with Crippen molar-refractivity contribution in [1.82, 2.24) is 0 Å². The number of aliphatic hydroxyl groups is 3. The molecule has 0 aliphatic rings. The molecule has 2 aromatic carbocycles. The molecule has 0 saturated heterocycles. The Labute approximate surface area is 154 Å². The summed E-state index contributed by atoms with van der Waals surface area (Å²) in [6, 6.07) is 16.4. The summed E-state index contributed by atoms with van der Waals surface area (Å²) in [6.07, 6.45) is -5.72. The van der Waals surface area contributed by atoms with Crippen LogP contribution in [0.3, 0.4) is 0 Å². The molecule has 27 heavy (non-hydrogen) atoms. The van der Waals surface area contributed by atoms with Crippen LogP contribution in [0.1, 0.15) is 11.1 Å². The predicted molar refractivity (Wildman–Crippen MR) is 90.4 cm³/mol. The Morgan fingerprint density at radius 1 is 0.926 bits per heavy atom.